The number of H-pyrrole nitrogens is 1. The third-order valence-electron chi connectivity index (χ3n) is 5.26. The topological polar surface area (TPSA) is 41.1 Å². The van der Waals surface area contributed by atoms with E-state index in [2.05, 4.69) is 41.9 Å². The fraction of sp³-hybridized carbons (Fsp3) is 0.824. The van der Waals surface area contributed by atoms with Crippen molar-refractivity contribution in [3.63, 3.8) is 0 Å². The molecule has 4 heteroatoms. The van der Waals surface area contributed by atoms with Gasteiger partial charge < -0.3 is 4.74 Å². The molecule has 3 heterocycles. The van der Waals surface area contributed by atoms with E-state index in [4.69, 9.17) is 4.74 Å². The molecule has 2 fully saturated rings. The molecule has 0 unspecified atom stereocenters. The van der Waals surface area contributed by atoms with Gasteiger partial charge in [-0.15, -0.1) is 0 Å². The summed E-state index contributed by atoms with van der Waals surface area (Å²) in [5.41, 5.74) is 3.13. The van der Waals surface area contributed by atoms with Gasteiger partial charge in [0.2, 0.25) is 0 Å². The van der Waals surface area contributed by atoms with Crippen molar-refractivity contribution < 1.29 is 4.74 Å². The Hall–Kier alpha value is -0.870. The minimum atomic E-state index is 0.128. The van der Waals surface area contributed by atoms with Crippen LogP contribution in [0.4, 0.5) is 0 Å². The monoisotopic (exact) mass is 291 g/mol. The summed E-state index contributed by atoms with van der Waals surface area (Å²) in [7, 11) is 0. The molecule has 3 rings (SSSR count). The van der Waals surface area contributed by atoms with Crippen LogP contribution in [-0.4, -0.2) is 41.4 Å². The maximum absolute atomic E-state index is 5.53. The van der Waals surface area contributed by atoms with Gasteiger partial charge in [0.1, 0.15) is 0 Å². The Morgan fingerprint density at radius 1 is 1.19 bits per heavy atom. The number of rotatable bonds is 2. The van der Waals surface area contributed by atoms with Crippen LogP contribution < -0.4 is 0 Å². The molecule has 1 spiro atoms. The molecule has 0 radical (unpaired) electrons. The van der Waals surface area contributed by atoms with E-state index in [0.29, 0.717) is 5.41 Å². The van der Waals surface area contributed by atoms with Gasteiger partial charge in [-0.2, -0.15) is 5.10 Å². The Kier molecular flexibility index (Phi) is 4.10. The average molecular weight is 291 g/mol. The van der Waals surface area contributed by atoms with Crippen molar-refractivity contribution >= 4 is 0 Å². The summed E-state index contributed by atoms with van der Waals surface area (Å²) in [5, 5.41) is 7.69. The van der Waals surface area contributed by atoms with E-state index in [-0.39, 0.29) is 5.41 Å². The lowest BCUT2D eigenvalue weighted by atomic mass is 9.72. The molecule has 118 valence electrons. The molecule has 0 aliphatic carbocycles. The second-order valence-corrected chi connectivity index (χ2v) is 7.92. The zero-order chi connectivity index (χ0) is 14.9. The molecule has 0 aromatic carbocycles. The second-order valence-electron chi connectivity index (χ2n) is 7.92. The van der Waals surface area contributed by atoms with E-state index in [0.717, 1.165) is 25.5 Å². The fourth-order valence-electron chi connectivity index (χ4n) is 3.56. The van der Waals surface area contributed by atoms with Gasteiger partial charge in [-0.25, -0.2) is 0 Å². The van der Waals surface area contributed by atoms with Crippen LogP contribution in [0.1, 0.15) is 57.8 Å². The third-order valence-corrected chi connectivity index (χ3v) is 5.26. The van der Waals surface area contributed by atoms with E-state index >= 15 is 0 Å². The van der Waals surface area contributed by atoms with Gasteiger partial charge in [-0.1, -0.05) is 20.8 Å². The highest BCUT2D eigenvalue weighted by Crippen LogP contribution is 2.40. The second kappa shape index (κ2) is 5.73. The number of nitrogens with one attached hydrogen (secondary N) is 1. The Morgan fingerprint density at radius 2 is 1.86 bits per heavy atom. The number of likely N-dealkylation sites (tertiary alicyclic amines) is 1. The van der Waals surface area contributed by atoms with Crippen LogP contribution in [0, 0.1) is 5.41 Å². The van der Waals surface area contributed by atoms with Crippen LogP contribution in [0.3, 0.4) is 0 Å². The lowest BCUT2D eigenvalue weighted by molar-refractivity contribution is -0.0219. The number of nitrogens with zero attached hydrogens (tertiary/aromatic N) is 2. The lowest BCUT2D eigenvalue weighted by Crippen LogP contribution is -2.42. The summed E-state index contributed by atoms with van der Waals surface area (Å²) in [6.45, 7) is 12.0. The first-order valence-corrected chi connectivity index (χ1v) is 8.32. The van der Waals surface area contributed by atoms with Crippen LogP contribution in [0.25, 0.3) is 0 Å². The molecule has 2 aliphatic heterocycles. The highest BCUT2D eigenvalue weighted by Gasteiger charge is 2.36. The van der Waals surface area contributed by atoms with Crippen LogP contribution >= 0.6 is 0 Å². The molecule has 2 saturated heterocycles. The van der Waals surface area contributed by atoms with Crippen LogP contribution in [0.2, 0.25) is 0 Å². The highest BCUT2D eigenvalue weighted by atomic mass is 16.5. The summed E-state index contributed by atoms with van der Waals surface area (Å²) < 4.78 is 5.53. The molecule has 0 amide bonds. The van der Waals surface area contributed by atoms with Gasteiger partial charge in [-0.3, -0.25) is 10.00 Å². The summed E-state index contributed by atoms with van der Waals surface area (Å²) in [6.07, 6.45) is 5.19. The standard InChI is InChI=1S/C17H29N3O/c1-16(2,3)15-12-14(18-19-15)13-20-8-4-17(5-9-20)6-10-21-11-7-17/h12H,4-11,13H2,1-3H3,(H,18,19). The van der Waals surface area contributed by atoms with Crippen molar-refractivity contribution in [2.24, 2.45) is 5.41 Å². The Labute approximate surface area is 128 Å². The quantitative estimate of drug-likeness (QED) is 0.910. The molecular formula is C17H29N3O. The van der Waals surface area contributed by atoms with Gasteiger partial charge in [0.05, 0.1) is 5.69 Å². The van der Waals surface area contributed by atoms with E-state index in [9.17, 15) is 0 Å². The number of hydrogen-bond donors (Lipinski definition) is 1. The zero-order valence-corrected chi connectivity index (χ0v) is 13.7. The molecule has 4 nitrogen and oxygen atoms in total. The van der Waals surface area contributed by atoms with Crippen LogP contribution in [-0.2, 0) is 16.7 Å². The molecule has 0 bridgehead atoms. The first-order chi connectivity index (χ1) is 9.97. The van der Waals surface area contributed by atoms with E-state index in [1.165, 1.54) is 44.5 Å². The Morgan fingerprint density at radius 3 is 2.43 bits per heavy atom. The summed E-state index contributed by atoms with van der Waals surface area (Å²) in [5.74, 6) is 0. The molecule has 0 saturated carbocycles. The largest absolute Gasteiger partial charge is 0.381 e. The highest BCUT2D eigenvalue weighted by molar-refractivity contribution is 5.16. The van der Waals surface area contributed by atoms with Crippen molar-refractivity contribution in [1.82, 2.24) is 15.1 Å². The smallest absolute Gasteiger partial charge is 0.0678 e. The molecule has 1 aromatic heterocycles. The molecule has 1 N–H and O–H groups in total. The number of aromatic amines is 1. The first-order valence-electron chi connectivity index (χ1n) is 8.32. The van der Waals surface area contributed by atoms with Crippen LogP contribution in [0.15, 0.2) is 6.07 Å². The minimum Gasteiger partial charge on any atom is -0.381 e. The van der Waals surface area contributed by atoms with E-state index < -0.39 is 0 Å². The molecule has 1 aromatic rings. The number of hydrogen-bond acceptors (Lipinski definition) is 3. The number of ether oxygens (including phenoxy) is 1. The fourth-order valence-corrected chi connectivity index (χ4v) is 3.56. The Bertz CT molecular complexity index is 459. The van der Waals surface area contributed by atoms with Gasteiger partial charge in [0, 0.05) is 30.9 Å². The average Bonchev–Trinajstić information content (AvgIpc) is 2.91. The predicted octanol–water partition coefficient (Wildman–Crippen LogP) is 3.10. The lowest BCUT2D eigenvalue weighted by Gasteiger charge is -2.44. The summed E-state index contributed by atoms with van der Waals surface area (Å²) in [4.78, 5) is 2.57. The van der Waals surface area contributed by atoms with Crippen molar-refractivity contribution in [1.29, 1.82) is 0 Å². The SMILES string of the molecule is CC(C)(C)c1cc(CN2CCC3(CCOCC3)CC2)[nH]n1. The number of aromatic nitrogens is 2. The summed E-state index contributed by atoms with van der Waals surface area (Å²) >= 11 is 0. The first kappa shape index (κ1) is 15.0. The van der Waals surface area contributed by atoms with Crippen molar-refractivity contribution in [2.75, 3.05) is 26.3 Å². The van der Waals surface area contributed by atoms with E-state index in [1.54, 1.807) is 0 Å². The molecule has 2 aliphatic rings. The van der Waals surface area contributed by atoms with Crippen LogP contribution in [0.5, 0.6) is 0 Å². The van der Waals surface area contributed by atoms with Crippen molar-refractivity contribution in [3.05, 3.63) is 17.5 Å². The molecule has 0 atom stereocenters. The van der Waals surface area contributed by atoms with Crippen molar-refractivity contribution in [2.45, 2.75) is 58.4 Å². The normalized spacial score (nSPS) is 23.6. The third kappa shape index (κ3) is 3.49. The Balaban J connectivity index is 1.54. The van der Waals surface area contributed by atoms with Crippen molar-refractivity contribution in [3.8, 4) is 0 Å². The van der Waals surface area contributed by atoms with Gasteiger partial charge in [-0.05, 0) is 50.3 Å². The van der Waals surface area contributed by atoms with Gasteiger partial charge in [0.25, 0.3) is 0 Å². The summed E-state index contributed by atoms with van der Waals surface area (Å²) in [6, 6.07) is 2.23. The maximum Gasteiger partial charge on any atom is 0.0678 e. The van der Waals surface area contributed by atoms with Gasteiger partial charge >= 0.3 is 0 Å². The van der Waals surface area contributed by atoms with E-state index in [1.807, 2.05) is 0 Å². The van der Waals surface area contributed by atoms with Gasteiger partial charge in [0.15, 0.2) is 0 Å². The zero-order valence-electron chi connectivity index (χ0n) is 13.7. The maximum atomic E-state index is 5.53. The minimum absolute atomic E-state index is 0.128. The molecular weight excluding hydrogens is 262 g/mol. The number of piperidine rings is 1. The predicted molar refractivity (Wildman–Crippen MR) is 84.3 cm³/mol. The molecule has 21 heavy (non-hydrogen) atoms.